The van der Waals surface area contributed by atoms with Crippen molar-refractivity contribution in [3.05, 3.63) is 57.0 Å². The van der Waals surface area contributed by atoms with E-state index in [4.69, 9.17) is 32.4 Å². The lowest BCUT2D eigenvalue weighted by molar-refractivity contribution is -0.141. The molecule has 1 saturated carbocycles. The quantitative estimate of drug-likeness (QED) is 0.390. The summed E-state index contributed by atoms with van der Waals surface area (Å²) < 4.78 is 10.9. The Morgan fingerprint density at radius 2 is 1.80 bits per heavy atom. The van der Waals surface area contributed by atoms with E-state index in [1.807, 2.05) is 0 Å². The van der Waals surface area contributed by atoms with E-state index >= 15 is 0 Å². The van der Waals surface area contributed by atoms with Crippen molar-refractivity contribution in [3.8, 4) is 5.75 Å². The van der Waals surface area contributed by atoms with E-state index in [2.05, 4.69) is 0 Å². The molecule has 1 unspecified atom stereocenters. The molecule has 2 fully saturated rings. The zero-order valence-corrected chi connectivity index (χ0v) is 18.1. The van der Waals surface area contributed by atoms with Gasteiger partial charge in [0.05, 0.1) is 22.7 Å². The molecule has 2 heterocycles. The largest absolute Gasteiger partial charge is 0.507 e. The lowest BCUT2D eigenvalue weighted by atomic mass is 9.98. The van der Waals surface area contributed by atoms with Crippen LogP contribution in [0.4, 0.5) is 0 Å². The molecule has 1 amide bonds. The SMILES string of the molecule is COc1c(Cl)cc(/C(O)=C2/C(=O)C(=O)N(C3CCCC3)C2c2ccc(C)o2)cc1Cl. The van der Waals surface area contributed by atoms with Crippen LogP contribution in [0, 0.1) is 6.92 Å². The van der Waals surface area contributed by atoms with Crippen LogP contribution in [0.5, 0.6) is 5.75 Å². The normalized spacial score (nSPS) is 21.6. The van der Waals surface area contributed by atoms with Crippen LogP contribution < -0.4 is 4.74 Å². The zero-order chi connectivity index (χ0) is 21.6. The van der Waals surface area contributed by atoms with Crippen molar-refractivity contribution in [2.24, 2.45) is 0 Å². The highest BCUT2D eigenvalue weighted by molar-refractivity contribution is 6.46. The van der Waals surface area contributed by atoms with Gasteiger partial charge in [-0.1, -0.05) is 36.0 Å². The summed E-state index contributed by atoms with van der Waals surface area (Å²) in [6, 6.07) is 5.52. The van der Waals surface area contributed by atoms with Crippen LogP contribution in [0.1, 0.15) is 48.8 Å². The van der Waals surface area contributed by atoms with E-state index in [1.54, 1.807) is 24.0 Å². The molecule has 0 spiro atoms. The standard InChI is InChI=1S/C22H21Cl2NO5/c1-11-7-8-16(30-11)18-17(20(27)22(28)25(18)13-5-3-4-6-13)19(26)12-9-14(23)21(29-2)15(24)10-12/h7-10,13,18,26H,3-6H2,1-2H3/b19-17-. The van der Waals surface area contributed by atoms with Crippen molar-refractivity contribution >= 4 is 40.7 Å². The Hall–Kier alpha value is -2.44. The molecule has 2 aliphatic rings. The van der Waals surface area contributed by atoms with Crippen molar-refractivity contribution in [2.45, 2.75) is 44.7 Å². The fourth-order valence-corrected chi connectivity index (χ4v) is 4.98. The molecule has 1 aliphatic carbocycles. The number of likely N-dealkylation sites (tertiary alicyclic amines) is 1. The molecule has 1 aliphatic heterocycles. The number of furan rings is 1. The number of ether oxygens (including phenoxy) is 1. The smallest absolute Gasteiger partial charge is 0.296 e. The number of aliphatic hydroxyl groups excluding tert-OH is 1. The second-order valence-electron chi connectivity index (χ2n) is 7.57. The summed E-state index contributed by atoms with van der Waals surface area (Å²) in [5.74, 6) is -0.378. The van der Waals surface area contributed by atoms with Crippen LogP contribution in [0.3, 0.4) is 0 Å². The number of rotatable bonds is 4. The minimum absolute atomic E-state index is 0.0291. The number of carbonyl (C=O) groups is 2. The molecule has 158 valence electrons. The number of halogens is 2. The van der Waals surface area contributed by atoms with E-state index in [9.17, 15) is 14.7 Å². The molecule has 1 saturated heterocycles. The lowest BCUT2D eigenvalue weighted by Crippen LogP contribution is -2.37. The third kappa shape index (κ3) is 3.38. The summed E-state index contributed by atoms with van der Waals surface area (Å²) in [4.78, 5) is 27.6. The Bertz CT molecular complexity index is 1030. The third-order valence-electron chi connectivity index (χ3n) is 5.70. The van der Waals surface area contributed by atoms with Gasteiger partial charge < -0.3 is 19.2 Å². The molecule has 6 nitrogen and oxygen atoms in total. The average molecular weight is 450 g/mol. The van der Waals surface area contributed by atoms with E-state index in [0.717, 1.165) is 25.7 Å². The molecule has 1 aromatic heterocycles. The summed E-state index contributed by atoms with van der Waals surface area (Å²) in [7, 11) is 1.43. The monoisotopic (exact) mass is 449 g/mol. The van der Waals surface area contributed by atoms with Crippen LogP contribution in [0.2, 0.25) is 10.0 Å². The minimum Gasteiger partial charge on any atom is -0.507 e. The van der Waals surface area contributed by atoms with Crippen molar-refractivity contribution in [3.63, 3.8) is 0 Å². The van der Waals surface area contributed by atoms with E-state index in [-0.39, 0.29) is 38.7 Å². The van der Waals surface area contributed by atoms with E-state index in [0.29, 0.717) is 11.5 Å². The minimum atomic E-state index is -0.804. The predicted molar refractivity (Wildman–Crippen MR) is 113 cm³/mol. The Morgan fingerprint density at radius 3 is 2.33 bits per heavy atom. The third-order valence-corrected chi connectivity index (χ3v) is 6.27. The van der Waals surface area contributed by atoms with Crippen molar-refractivity contribution in [1.82, 2.24) is 4.90 Å². The van der Waals surface area contributed by atoms with Crippen LogP contribution in [-0.4, -0.2) is 34.8 Å². The predicted octanol–water partition coefficient (Wildman–Crippen LogP) is 5.27. The highest BCUT2D eigenvalue weighted by Crippen LogP contribution is 2.45. The van der Waals surface area contributed by atoms with Gasteiger partial charge in [0.25, 0.3) is 11.7 Å². The summed E-state index contributed by atoms with van der Waals surface area (Å²) in [6.45, 7) is 1.79. The van der Waals surface area contributed by atoms with Gasteiger partial charge in [-0.15, -0.1) is 0 Å². The number of nitrogens with zero attached hydrogens (tertiary/aromatic N) is 1. The van der Waals surface area contributed by atoms with Crippen LogP contribution >= 0.6 is 23.2 Å². The molecule has 1 atom stereocenters. The highest BCUT2D eigenvalue weighted by Gasteiger charge is 2.50. The molecule has 1 aromatic carbocycles. The first kappa shape index (κ1) is 20.8. The Labute approximate surface area is 184 Å². The van der Waals surface area contributed by atoms with E-state index < -0.39 is 17.7 Å². The number of aliphatic hydroxyl groups is 1. The van der Waals surface area contributed by atoms with Crippen molar-refractivity contribution in [2.75, 3.05) is 7.11 Å². The van der Waals surface area contributed by atoms with Crippen LogP contribution in [0.15, 0.2) is 34.3 Å². The number of hydrogen-bond donors (Lipinski definition) is 1. The van der Waals surface area contributed by atoms with Crippen molar-refractivity contribution < 1.29 is 23.8 Å². The van der Waals surface area contributed by atoms with Crippen molar-refractivity contribution in [1.29, 1.82) is 0 Å². The maximum Gasteiger partial charge on any atom is 0.296 e. The Kier molecular flexibility index (Phi) is 5.55. The number of Topliss-reactive ketones (excluding diaryl/α,β-unsaturated/α-hetero) is 1. The molecule has 2 aromatic rings. The molecular weight excluding hydrogens is 429 g/mol. The molecule has 4 rings (SSSR count). The molecule has 1 N–H and O–H groups in total. The molecular formula is C22H21Cl2NO5. The summed E-state index contributed by atoms with van der Waals surface area (Å²) in [5, 5.41) is 11.5. The number of amides is 1. The van der Waals surface area contributed by atoms with Gasteiger partial charge in [0, 0.05) is 11.6 Å². The fourth-order valence-electron chi connectivity index (χ4n) is 4.34. The second-order valence-corrected chi connectivity index (χ2v) is 8.38. The first-order chi connectivity index (χ1) is 14.3. The van der Waals surface area contributed by atoms with Gasteiger partial charge in [0.1, 0.15) is 23.3 Å². The van der Waals surface area contributed by atoms with E-state index in [1.165, 1.54) is 19.2 Å². The van der Waals surface area contributed by atoms with Gasteiger partial charge >= 0.3 is 0 Å². The number of carbonyl (C=O) groups excluding carboxylic acids is 2. The summed E-state index contributed by atoms with van der Waals surface area (Å²) in [5.41, 5.74) is 0.196. The first-order valence-corrected chi connectivity index (χ1v) is 10.5. The second kappa shape index (κ2) is 8.00. The van der Waals surface area contributed by atoms with Gasteiger partial charge in [-0.25, -0.2) is 0 Å². The van der Waals surface area contributed by atoms with Gasteiger partial charge in [-0.3, -0.25) is 9.59 Å². The maximum absolute atomic E-state index is 13.0. The zero-order valence-electron chi connectivity index (χ0n) is 16.6. The van der Waals surface area contributed by atoms with Gasteiger partial charge in [0.15, 0.2) is 5.75 Å². The number of methoxy groups -OCH3 is 1. The van der Waals surface area contributed by atoms with Gasteiger partial charge in [0.2, 0.25) is 0 Å². The molecule has 30 heavy (non-hydrogen) atoms. The van der Waals surface area contributed by atoms with Crippen LogP contribution in [-0.2, 0) is 9.59 Å². The number of hydrogen-bond acceptors (Lipinski definition) is 5. The molecule has 0 radical (unpaired) electrons. The summed E-state index contributed by atoms with van der Waals surface area (Å²) in [6.07, 6.45) is 3.59. The lowest BCUT2D eigenvalue weighted by Gasteiger charge is -2.29. The topological polar surface area (TPSA) is 80.0 Å². The highest BCUT2D eigenvalue weighted by atomic mass is 35.5. The van der Waals surface area contributed by atoms with Gasteiger partial charge in [-0.05, 0) is 44.0 Å². The first-order valence-electron chi connectivity index (χ1n) is 9.73. The molecule has 0 bridgehead atoms. The Balaban J connectivity index is 1.89. The fraction of sp³-hybridized carbons (Fsp3) is 0.364. The van der Waals surface area contributed by atoms with Crippen LogP contribution in [0.25, 0.3) is 5.76 Å². The maximum atomic E-state index is 13.0. The number of aryl methyl sites for hydroxylation is 1. The van der Waals surface area contributed by atoms with Gasteiger partial charge in [-0.2, -0.15) is 0 Å². The Morgan fingerprint density at radius 1 is 1.17 bits per heavy atom. The summed E-state index contributed by atoms with van der Waals surface area (Å²) >= 11 is 12.4. The molecule has 8 heteroatoms. The number of ketones is 1. The average Bonchev–Trinajstić information content (AvgIpc) is 3.42. The number of benzene rings is 1.